The number of carbonyl (C=O) groups is 3. The molecule has 3 rings (SSSR count). The third-order valence-corrected chi connectivity index (χ3v) is 4.20. The minimum Gasteiger partial charge on any atom is -0.495 e. The van der Waals surface area contributed by atoms with Gasteiger partial charge in [0.25, 0.3) is 0 Å². The maximum Gasteiger partial charge on any atom is 0.248 e. The first-order valence-corrected chi connectivity index (χ1v) is 8.68. The Kier molecular flexibility index (Phi) is 5.78. The lowest BCUT2D eigenvalue weighted by Gasteiger charge is -2.18. The highest BCUT2D eigenvalue weighted by molar-refractivity contribution is 6.01. The molecule has 0 spiro atoms. The van der Waals surface area contributed by atoms with Gasteiger partial charge in [-0.2, -0.15) is 0 Å². The second-order valence-corrected chi connectivity index (χ2v) is 6.11. The van der Waals surface area contributed by atoms with Crippen LogP contribution >= 0.6 is 0 Å². The van der Waals surface area contributed by atoms with Crippen molar-refractivity contribution >= 4 is 23.3 Å². The molecule has 0 unspecified atom stereocenters. The smallest absolute Gasteiger partial charge is 0.248 e. The molecule has 0 saturated carbocycles. The number of nitrogens with two attached hydrogens (primary N) is 1. The summed E-state index contributed by atoms with van der Waals surface area (Å²) in [5.41, 5.74) is 6.35. The number of hydrogen-bond donors (Lipinski definition) is 2. The molecule has 28 heavy (non-hydrogen) atoms. The lowest BCUT2D eigenvalue weighted by Crippen LogP contribution is -2.17. The Morgan fingerprint density at radius 3 is 2.43 bits per heavy atom. The van der Waals surface area contributed by atoms with Crippen LogP contribution in [0.5, 0.6) is 17.2 Å². The Morgan fingerprint density at radius 2 is 1.71 bits per heavy atom. The maximum absolute atomic E-state index is 12.4. The van der Waals surface area contributed by atoms with Crippen LogP contribution in [0.1, 0.15) is 33.6 Å². The molecule has 0 bridgehead atoms. The van der Waals surface area contributed by atoms with Crippen molar-refractivity contribution in [2.45, 2.75) is 12.8 Å². The van der Waals surface area contributed by atoms with Crippen molar-refractivity contribution in [3.63, 3.8) is 0 Å². The first-order chi connectivity index (χ1) is 13.5. The molecule has 8 heteroatoms. The van der Waals surface area contributed by atoms with E-state index in [1.807, 2.05) is 0 Å². The average molecular weight is 384 g/mol. The van der Waals surface area contributed by atoms with Crippen molar-refractivity contribution in [2.75, 3.05) is 25.6 Å². The van der Waals surface area contributed by atoms with Crippen molar-refractivity contribution in [3.8, 4) is 17.2 Å². The van der Waals surface area contributed by atoms with E-state index in [1.165, 1.54) is 25.3 Å². The highest BCUT2D eigenvalue weighted by Gasteiger charge is 2.16. The largest absolute Gasteiger partial charge is 0.495 e. The predicted octanol–water partition coefficient (Wildman–Crippen LogP) is 2.17. The number of hydrogen-bond acceptors (Lipinski definition) is 6. The van der Waals surface area contributed by atoms with E-state index in [1.54, 1.807) is 18.2 Å². The van der Waals surface area contributed by atoms with Gasteiger partial charge in [-0.1, -0.05) is 0 Å². The van der Waals surface area contributed by atoms with Crippen molar-refractivity contribution in [2.24, 2.45) is 5.73 Å². The third kappa shape index (κ3) is 4.40. The summed E-state index contributed by atoms with van der Waals surface area (Å²) in [6.07, 6.45) is 0.0289. The van der Waals surface area contributed by atoms with E-state index < -0.39 is 5.91 Å². The molecule has 1 aliphatic rings. The van der Waals surface area contributed by atoms with Gasteiger partial charge in [0.2, 0.25) is 11.8 Å². The summed E-state index contributed by atoms with van der Waals surface area (Å²) >= 11 is 0. The number of amides is 2. The zero-order chi connectivity index (χ0) is 20.1. The maximum atomic E-state index is 12.4. The van der Waals surface area contributed by atoms with Crippen molar-refractivity contribution in [1.82, 2.24) is 0 Å². The van der Waals surface area contributed by atoms with E-state index in [0.717, 1.165) is 0 Å². The number of anilines is 1. The van der Waals surface area contributed by atoms with Gasteiger partial charge in [0.15, 0.2) is 17.3 Å². The molecule has 0 aliphatic carbocycles. The fourth-order valence-electron chi connectivity index (χ4n) is 2.75. The van der Waals surface area contributed by atoms with E-state index in [9.17, 15) is 14.4 Å². The third-order valence-electron chi connectivity index (χ3n) is 4.20. The number of fused-ring (bicyclic) bond motifs is 1. The van der Waals surface area contributed by atoms with E-state index in [0.29, 0.717) is 41.7 Å². The van der Waals surface area contributed by atoms with E-state index in [4.69, 9.17) is 19.9 Å². The topological polar surface area (TPSA) is 117 Å². The molecular formula is C20H20N2O6. The normalized spacial score (nSPS) is 12.2. The molecule has 2 aromatic rings. The van der Waals surface area contributed by atoms with E-state index in [-0.39, 0.29) is 30.1 Å². The lowest BCUT2D eigenvalue weighted by atomic mass is 10.1. The van der Waals surface area contributed by atoms with Crippen LogP contribution < -0.4 is 25.3 Å². The molecule has 146 valence electrons. The summed E-state index contributed by atoms with van der Waals surface area (Å²) in [6.45, 7) is 0.910. The first kappa shape index (κ1) is 19.2. The fraction of sp³-hybridized carbons (Fsp3) is 0.250. The number of ether oxygens (including phenoxy) is 3. The molecular weight excluding hydrogens is 364 g/mol. The number of ketones is 1. The van der Waals surface area contributed by atoms with Crippen LogP contribution in [-0.2, 0) is 4.79 Å². The fourth-order valence-corrected chi connectivity index (χ4v) is 2.75. The van der Waals surface area contributed by atoms with Crippen molar-refractivity contribution in [1.29, 1.82) is 0 Å². The molecule has 2 amide bonds. The standard InChI is InChI=1S/C20H20N2O6/c1-26-17-11-13(20(21)25)2-4-14(17)22-19(24)7-5-15(23)12-3-6-16-18(10-12)28-9-8-27-16/h2-4,6,10-11H,5,7-9H2,1H3,(H2,21,25)(H,22,24). The van der Waals surface area contributed by atoms with E-state index in [2.05, 4.69) is 5.32 Å². The quantitative estimate of drug-likeness (QED) is 0.707. The number of carbonyl (C=O) groups excluding carboxylic acids is 3. The molecule has 2 aromatic carbocycles. The molecule has 0 saturated heterocycles. The minimum absolute atomic E-state index is 0.00595. The van der Waals surface area contributed by atoms with Crippen molar-refractivity contribution < 1.29 is 28.6 Å². The molecule has 0 atom stereocenters. The molecule has 0 aromatic heterocycles. The van der Waals surface area contributed by atoms with Gasteiger partial charge in [-0.15, -0.1) is 0 Å². The molecule has 1 heterocycles. The number of methoxy groups -OCH3 is 1. The Labute approximate surface area is 161 Å². The Balaban J connectivity index is 1.60. The van der Waals surface area contributed by atoms with Gasteiger partial charge < -0.3 is 25.3 Å². The van der Waals surface area contributed by atoms with Gasteiger partial charge in [0.05, 0.1) is 12.8 Å². The number of rotatable bonds is 7. The summed E-state index contributed by atoms with van der Waals surface area (Å²) in [7, 11) is 1.42. The predicted molar refractivity (Wildman–Crippen MR) is 101 cm³/mol. The Morgan fingerprint density at radius 1 is 1.00 bits per heavy atom. The Hall–Kier alpha value is -3.55. The summed E-state index contributed by atoms with van der Waals surface area (Å²) in [5, 5.41) is 2.67. The number of nitrogens with one attached hydrogen (secondary N) is 1. The van der Waals surface area contributed by atoms with E-state index >= 15 is 0 Å². The molecule has 3 N–H and O–H groups in total. The number of primary amides is 1. The summed E-state index contributed by atoms with van der Waals surface area (Å²) < 4.78 is 16.1. The van der Waals surface area contributed by atoms with Crippen LogP contribution in [0.3, 0.4) is 0 Å². The second-order valence-electron chi connectivity index (χ2n) is 6.11. The van der Waals surface area contributed by atoms with Crippen LogP contribution in [0, 0.1) is 0 Å². The van der Waals surface area contributed by atoms with Crippen LogP contribution in [0.2, 0.25) is 0 Å². The monoisotopic (exact) mass is 384 g/mol. The zero-order valence-corrected chi connectivity index (χ0v) is 15.3. The van der Waals surface area contributed by atoms with Gasteiger partial charge in [-0.3, -0.25) is 14.4 Å². The van der Waals surface area contributed by atoms with Gasteiger partial charge in [0, 0.05) is 24.0 Å². The number of benzene rings is 2. The highest BCUT2D eigenvalue weighted by atomic mass is 16.6. The minimum atomic E-state index is -0.596. The molecule has 0 radical (unpaired) electrons. The SMILES string of the molecule is COc1cc(C(N)=O)ccc1NC(=O)CCC(=O)c1ccc2c(c1)OCCO2. The van der Waals surface area contributed by atoms with Gasteiger partial charge >= 0.3 is 0 Å². The van der Waals surface area contributed by atoms with Crippen molar-refractivity contribution in [3.05, 3.63) is 47.5 Å². The molecule has 0 fully saturated rings. The highest BCUT2D eigenvalue weighted by Crippen LogP contribution is 2.31. The summed E-state index contributed by atoms with van der Waals surface area (Å²) in [6, 6.07) is 9.42. The summed E-state index contributed by atoms with van der Waals surface area (Å²) in [4.78, 5) is 35.8. The average Bonchev–Trinajstić information content (AvgIpc) is 2.71. The van der Waals surface area contributed by atoms with Crippen LogP contribution in [-0.4, -0.2) is 37.9 Å². The zero-order valence-electron chi connectivity index (χ0n) is 15.3. The Bertz CT molecular complexity index is 925. The lowest BCUT2D eigenvalue weighted by molar-refractivity contribution is -0.116. The van der Waals surface area contributed by atoms with Gasteiger partial charge in [-0.25, -0.2) is 0 Å². The second kappa shape index (κ2) is 8.43. The molecule has 8 nitrogen and oxygen atoms in total. The number of Topliss-reactive ketones (excluding diaryl/α,β-unsaturated/α-hetero) is 1. The van der Waals surface area contributed by atoms with Crippen LogP contribution in [0.25, 0.3) is 0 Å². The summed E-state index contributed by atoms with van der Waals surface area (Å²) in [5.74, 6) is 0.316. The van der Waals surface area contributed by atoms with Crippen LogP contribution in [0.4, 0.5) is 5.69 Å². The van der Waals surface area contributed by atoms with Gasteiger partial charge in [-0.05, 0) is 36.4 Å². The molecule has 1 aliphatic heterocycles. The van der Waals surface area contributed by atoms with Crippen LogP contribution in [0.15, 0.2) is 36.4 Å². The van der Waals surface area contributed by atoms with Gasteiger partial charge in [0.1, 0.15) is 19.0 Å². The first-order valence-electron chi connectivity index (χ1n) is 8.68.